The molecule has 0 N–H and O–H groups in total. The van der Waals surface area contributed by atoms with Gasteiger partial charge >= 0.3 is 0 Å². The lowest BCUT2D eigenvalue weighted by atomic mass is 10.4. The maximum atomic E-state index is 11.5. The summed E-state index contributed by atoms with van der Waals surface area (Å²) < 4.78 is 5.15. The highest BCUT2D eigenvalue weighted by Gasteiger charge is 2.13. The lowest BCUT2D eigenvalue weighted by molar-refractivity contribution is 0.0780. The maximum absolute atomic E-state index is 11.5. The van der Waals surface area contributed by atoms with Crippen LogP contribution in [0.5, 0.6) is 0 Å². The minimum Gasteiger partial charge on any atom is -0.456 e. The minimum atomic E-state index is -0.189. The van der Waals surface area contributed by atoms with Crippen molar-refractivity contribution in [3.63, 3.8) is 0 Å². The van der Waals surface area contributed by atoms with Gasteiger partial charge in [0.2, 0.25) is 0 Å². The molecule has 3 heteroatoms. The second-order valence-electron chi connectivity index (χ2n) is 2.78. The van der Waals surface area contributed by atoms with Crippen molar-refractivity contribution in [2.45, 2.75) is 6.92 Å². The molecule has 0 aliphatic carbocycles. The lowest BCUT2D eigenvalue weighted by Crippen LogP contribution is -2.26. The summed E-state index contributed by atoms with van der Waals surface area (Å²) in [4.78, 5) is 12.9. The third kappa shape index (κ3) is 2.12. The Morgan fingerprint density at radius 2 is 2.38 bits per heavy atom. The Balaban J connectivity index is 2.74. The van der Waals surface area contributed by atoms with Gasteiger partial charge in [0.05, 0.1) is 6.54 Å². The molecule has 1 aromatic heterocycles. The van der Waals surface area contributed by atoms with E-state index in [0.29, 0.717) is 12.3 Å². The van der Waals surface area contributed by atoms with E-state index in [1.165, 1.54) is 4.90 Å². The van der Waals surface area contributed by atoms with Crippen molar-refractivity contribution in [3.8, 4) is 12.3 Å². The normalized spacial score (nSPS) is 9.31. The van der Waals surface area contributed by atoms with Crippen LogP contribution in [0.15, 0.2) is 16.5 Å². The second-order valence-corrected chi connectivity index (χ2v) is 2.78. The van der Waals surface area contributed by atoms with Crippen LogP contribution >= 0.6 is 0 Å². The summed E-state index contributed by atoms with van der Waals surface area (Å²) in [7, 11) is 1.64. The van der Waals surface area contributed by atoms with Crippen LogP contribution in [0.1, 0.15) is 16.3 Å². The number of amides is 1. The largest absolute Gasteiger partial charge is 0.456 e. The molecule has 0 atom stereocenters. The van der Waals surface area contributed by atoms with Crippen LogP contribution < -0.4 is 0 Å². The van der Waals surface area contributed by atoms with Crippen LogP contribution in [-0.2, 0) is 0 Å². The summed E-state index contributed by atoms with van der Waals surface area (Å²) in [6, 6.07) is 3.39. The van der Waals surface area contributed by atoms with Crippen molar-refractivity contribution < 1.29 is 9.21 Å². The first-order valence-corrected chi connectivity index (χ1v) is 3.90. The highest BCUT2D eigenvalue weighted by molar-refractivity contribution is 5.91. The first-order valence-electron chi connectivity index (χ1n) is 3.90. The monoisotopic (exact) mass is 177 g/mol. The third-order valence-corrected chi connectivity index (χ3v) is 1.63. The summed E-state index contributed by atoms with van der Waals surface area (Å²) in [5.41, 5.74) is 0. The Morgan fingerprint density at radius 1 is 1.69 bits per heavy atom. The molecule has 0 aliphatic heterocycles. The number of terminal acetylenes is 1. The van der Waals surface area contributed by atoms with Gasteiger partial charge in [-0.05, 0) is 19.1 Å². The van der Waals surface area contributed by atoms with E-state index in [2.05, 4.69) is 5.92 Å². The third-order valence-electron chi connectivity index (χ3n) is 1.63. The zero-order valence-electron chi connectivity index (χ0n) is 7.70. The van der Waals surface area contributed by atoms with E-state index >= 15 is 0 Å². The molecule has 1 amide bonds. The van der Waals surface area contributed by atoms with Gasteiger partial charge in [0, 0.05) is 7.05 Å². The Kier molecular flexibility index (Phi) is 2.76. The van der Waals surface area contributed by atoms with Gasteiger partial charge in [0.25, 0.3) is 5.91 Å². The SMILES string of the molecule is C#CCN(C)C(=O)c1ccc(C)o1. The topological polar surface area (TPSA) is 33.5 Å². The molecule has 0 unspecified atom stereocenters. The van der Waals surface area contributed by atoms with E-state index in [1.54, 1.807) is 26.1 Å². The van der Waals surface area contributed by atoms with Crippen LogP contribution in [0.25, 0.3) is 0 Å². The highest BCUT2D eigenvalue weighted by Crippen LogP contribution is 2.08. The van der Waals surface area contributed by atoms with E-state index in [1.807, 2.05) is 0 Å². The van der Waals surface area contributed by atoms with E-state index in [4.69, 9.17) is 10.8 Å². The zero-order valence-corrected chi connectivity index (χ0v) is 7.70. The number of carbonyl (C=O) groups is 1. The van der Waals surface area contributed by atoms with Gasteiger partial charge in [-0.15, -0.1) is 6.42 Å². The van der Waals surface area contributed by atoms with Crippen molar-refractivity contribution in [2.75, 3.05) is 13.6 Å². The number of nitrogens with zero attached hydrogens (tertiary/aromatic N) is 1. The minimum absolute atomic E-state index is 0.189. The van der Waals surface area contributed by atoms with Crippen molar-refractivity contribution in [1.82, 2.24) is 4.90 Å². The number of hydrogen-bond donors (Lipinski definition) is 0. The smallest absolute Gasteiger partial charge is 0.290 e. The summed E-state index contributed by atoms with van der Waals surface area (Å²) >= 11 is 0. The van der Waals surface area contributed by atoms with Crippen LogP contribution in [0.3, 0.4) is 0 Å². The fraction of sp³-hybridized carbons (Fsp3) is 0.300. The summed E-state index contributed by atoms with van der Waals surface area (Å²) in [5, 5.41) is 0. The van der Waals surface area contributed by atoms with Gasteiger partial charge in [-0.1, -0.05) is 5.92 Å². The Hall–Kier alpha value is -1.69. The zero-order chi connectivity index (χ0) is 9.84. The number of hydrogen-bond acceptors (Lipinski definition) is 2. The lowest BCUT2D eigenvalue weighted by Gasteiger charge is -2.10. The molecule has 0 aromatic carbocycles. The Bertz CT molecular complexity index is 346. The molecule has 1 rings (SSSR count). The van der Waals surface area contributed by atoms with Gasteiger partial charge in [-0.3, -0.25) is 4.79 Å². The predicted octanol–water partition coefficient (Wildman–Crippen LogP) is 1.29. The first kappa shape index (κ1) is 9.40. The van der Waals surface area contributed by atoms with Crippen molar-refractivity contribution >= 4 is 5.91 Å². The predicted molar refractivity (Wildman–Crippen MR) is 49.2 cm³/mol. The summed E-state index contributed by atoms with van der Waals surface area (Å²) in [5.74, 6) is 3.25. The average Bonchev–Trinajstić information content (AvgIpc) is 2.51. The number of aryl methyl sites for hydroxylation is 1. The molecule has 0 aliphatic rings. The molecular formula is C10H11NO2. The van der Waals surface area contributed by atoms with Crippen LogP contribution in [-0.4, -0.2) is 24.4 Å². The van der Waals surface area contributed by atoms with Gasteiger partial charge in [-0.2, -0.15) is 0 Å². The van der Waals surface area contributed by atoms with Gasteiger partial charge in [0.15, 0.2) is 5.76 Å². The molecule has 0 spiro atoms. The molecule has 0 radical (unpaired) electrons. The van der Waals surface area contributed by atoms with E-state index in [9.17, 15) is 4.79 Å². The number of furan rings is 1. The molecule has 1 aromatic rings. The molecule has 68 valence electrons. The van der Waals surface area contributed by atoms with Gasteiger partial charge < -0.3 is 9.32 Å². The summed E-state index contributed by atoms with van der Waals surface area (Å²) in [6.45, 7) is 2.08. The Labute approximate surface area is 77.3 Å². The molecule has 0 fully saturated rings. The van der Waals surface area contributed by atoms with Crippen molar-refractivity contribution in [3.05, 3.63) is 23.7 Å². The van der Waals surface area contributed by atoms with E-state index < -0.39 is 0 Å². The van der Waals surface area contributed by atoms with Gasteiger partial charge in [0.1, 0.15) is 5.76 Å². The summed E-state index contributed by atoms with van der Waals surface area (Å²) in [6.07, 6.45) is 5.08. The fourth-order valence-electron chi connectivity index (χ4n) is 0.946. The van der Waals surface area contributed by atoms with Crippen LogP contribution in [0, 0.1) is 19.3 Å². The van der Waals surface area contributed by atoms with Crippen LogP contribution in [0.4, 0.5) is 0 Å². The standard InChI is InChI=1S/C10H11NO2/c1-4-7-11(3)10(12)9-6-5-8(2)13-9/h1,5-6H,7H2,2-3H3. The van der Waals surface area contributed by atoms with E-state index in [0.717, 1.165) is 5.76 Å². The average molecular weight is 177 g/mol. The quantitative estimate of drug-likeness (QED) is 0.638. The molecule has 0 saturated heterocycles. The highest BCUT2D eigenvalue weighted by atomic mass is 16.3. The maximum Gasteiger partial charge on any atom is 0.290 e. The van der Waals surface area contributed by atoms with E-state index in [-0.39, 0.29) is 5.91 Å². The molecule has 3 nitrogen and oxygen atoms in total. The van der Waals surface area contributed by atoms with Gasteiger partial charge in [-0.25, -0.2) is 0 Å². The first-order chi connectivity index (χ1) is 6.15. The second kappa shape index (κ2) is 3.81. The molecule has 0 saturated carbocycles. The van der Waals surface area contributed by atoms with Crippen LogP contribution in [0.2, 0.25) is 0 Å². The molecule has 13 heavy (non-hydrogen) atoms. The molecule has 1 heterocycles. The Morgan fingerprint density at radius 3 is 2.85 bits per heavy atom. The number of rotatable bonds is 2. The number of carbonyl (C=O) groups excluding carboxylic acids is 1. The van der Waals surface area contributed by atoms with Crippen molar-refractivity contribution in [2.24, 2.45) is 0 Å². The fourth-order valence-corrected chi connectivity index (χ4v) is 0.946. The molecular weight excluding hydrogens is 166 g/mol. The van der Waals surface area contributed by atoms with Crippen molar-refractivity contribution in [1.29, 1.82) is 0 Å². The molecule has 0 bridgehead atoms.